The molecule has 0 aliphatic heterocycles. The molecule has 2 rings (SSSR count). The maximum atomic E-state index is 11.7. The van der Waals surface area contributed by atoms with Gasteiger partial charge in [-0.25, -0.2) is 9.59 Å². The summed E-state index contributed by atoms with van der Waals surface area (Å²) >= 11 is 1.33. The minimum Gasteiger partial charge on any atom is -0.481 e. The van der Waals surface area contributed by atoms with Gasteiger partial charge in [-0.05, 0) is 35.9 Å². The molecule has 0 aliphatic carbocycles. The highest BCUT2D eigenvalue weighted by atomic mass is 32.2. The molecule has 2 aromatic carbocycles. The quantitative estimate of drug-likeness (QED) is 0.775. The normalized spacial score (nSPS) is 10.2. The number of hydrogen-bond acceptors (Lipinski definition) is 5. The lowest BCUT2D eigenvalue weighted by atomic mass is 10.1. The molecule has 0 atom stereocenters. The van der Waals surface area contributed by atoms with Crippen LogP contribution in [0.1, 0.15) is 26.3 Å². The van der Waals surface area contributed by atoms with Crippen molar-refractivity contribution in [2.75, 3.05) is 7.11 Å². The number of ether oxygens (including phenoxy) is 1. The Morgan fingerprint density at radius 2 is 1.58 bits per heavy atom. The molecule has 0 saturated heterocycles. The number of carboxylic acid groups (broad SMARTS) is 2. The Labute approximate surface area is 142 Å². The number of rotatable bonds is 6. The van der Waals surface area contributed by atoms with Crippen LogP contribution in [0.25, 0.3) is 0 Å². The first-order valence-corrected chi connectivity index (χ1v) is 7.66. The summed E-state index contributed by atoms with van der Waals surface area (Å²) in [5.41, 5.74) is 0.545. The van der Waals surface area contributed by atoms with Gasteiger partial charge in [0.15, 0.2) is 0 Å². The summed E-state index contributed by atoms with van der Waals surface area (Å²) in [6, 6.07) is 11.4. The molecule has 2 N–H and O–H groups in total. The first kappa shape index (κ1) is 17.6. The maximum absolute atomic E-state index is 11.7. The van der Waals surface area contributed by atoms with Gasteiger partial charge in [-0.15, -0.1) is 0 Å². The Balaban J connectivity index is 2.25. The van der Waals surface area contributed by atoms with Gasteiger partial charge in [-0.1, -0.05) is 23.9 Å². The fourth-order valence-electron chi connectivity index (χ4n) is 2.04. The SMILES string of the molecule is COC(=O)c1cc(Sc2ccc(CC(=O)O)cc2)ccc1C(=O)O. The number of hydrogen-bond donors (Lipinski definition) is 2. The molecular weight excluding hydrogens is 332 g/mol. The van der Waals surface area contributed by atoms with Crippen molar-refractivity contribution in [2.45, 2.75) is 16.2 Å². The summed E-state index contributed by atoms with van der Waals surface area (Å²) in [4.78, 5) is 35.1. The van der Waals surface area contributed by atoms with Gasteiger partial charge in [-0.3, -0.25) is 4.79 Å². The van der Waals surface area contributed by atoms with Crippen molar-refractivity contribution in [3.63, 3.8) is 0 Å². The average molecular weight is 346 g/mol. The predicted octanol–water partition coefficient (Wildman–Crippen LogP) is 2.95. The number of carbonyl (C=O) groups excluding carboxylic acids is 1. The maximum Gasteiger partial charge on any atom is 0.338 e. The van der Waals surface area contributed by atoms with Crippen LogP contribution in [0, 0.1) is 0 Å². The summed E-state index contributed by atoms with van der Waals surface area (Å²) < 4.78 is 4.62. The molecule has 0 bridgehead atoms. The summed E-state index contributed by atoms with van der Waals surface area (Å²) in [7, 11) is 1.19. The van der Waals surface area contributed by atoms with E-state index >= 15 is 0 Å². The van der Waals surface area contributed by atoms with E-state index in [9.17, 15) is 14.4 Å². The van der Waals surface area contributed by atoms with E-state index in [1.165, 1.54) is 31.0 Å². The second kappa shape index (κ2) is 7.65. The minimum absolute atomic E-state index is 0.0162. The molecule has 124 valence electrons. The van der Waals surface area contributed by atoms with Crippen molar-refractivity contribution >= 4 is 29.7 Å². The Hall–Kier alpha value is -2.80. The lowest BCUT2D eigenvalue weighted by Crippen LogP contribution is -2.10. The number of carbonyl (C=O) groups is 3. The highest BCUT2D eigenvalue weighted by molar-refractivity contribution is 7.99. The molecule has 24 heavy (non-hydrogen) atoms. The van der Waals surface area contributed by atoms with Gasteiger partial charge in [0, 0.05) is 9.79 Å². The van der Waals surface area contributed by atoms with E-state index in [4.69, 9.17) is 10.2 Å². The number of benzene rings is 2. The molecule has 0 amide bonds. The molecule has 0 radical (unpaired) electrons. The number of aliphatic carboxylic acids is 1. The molecule has 6 nitrogen and oxygen atoms in total. The summed E-state index contributed by atoms with van der Waals surface area (Å²) in [5.74, 6) is -2.82. The summed E-state index contributed by atoms with van der Waals surface area (Å²) in [6.45, 7) is 0. The van der Waals surface area contributed by atoms with Crippen LogP contribution in [0.4, 0.5) is 0 Å². The number of aromatic carboxylic acids is 1. The lowest BCUT2D eigenvalue weighted by molar-refractivity contribution is -0.136. The van der Waals surface area contributed by atoms with E-state index in [2.05, 4.69) is 4.74 Å². The van der Waals surface area contributed by atoms with Crippen LogP contribution < -0.4 is 0 Å². The highest BCUT2D eigenvalue weighted by Crippen LogP contribution is 2.30. The molecule has 0 fully saturated rings. The zero-order valence-corrected chi connectivity index (χ0v) is 13.5. The zero-order chi connectivity index (χ0) is 17.7. The van der Waals surface area contributed by atoms with Gasteiger partial charge in [0.2, 0.25) is 0 Å². The van der Waals surface area contributed by atoms with Crippen LogP contribution >= 0.6 is 11.8 Å². The Morgan fingerprint density at radius 1 is 0.958 bits per heavy atom. The van der Waals surface area contributed by atoms with E-state index in [-0.39, 0.29) is 17.5 Å². The fraction of sp³-hybridized carbons (Fsp3) is 0.118. The summed E-state index contributed by atoms with van der Waals surface area (Å²) in [6.07, 6.45) is -0.0508. The molecule has 2 aromatic rings. The van der Waals surface area contributed by atoms with Crippen LogP contribution in [0.5, 0.6) is 0 Å². The van der Waals surface area contributed by atoms with Crippen molar-refractivity contribution in [3.05, 3.63) is 59.2 Å². The molecule has 0 unspecified atom stereocenters. The molecule has 0 aromatic heterocycles. The summed E-state index contributed by atoms with van der Waals surface area (Å²) in [5, 5.41) is 17.9. The zero-order valence-electron chi connectivity index (χ0n) is 12.7. The molecule has 0 heterocycles. The second-order valence-corrected chi connectivity index (χ2v) is 5.97. The topological polar surface area (TPSA) is 101 Å². The van der Waals surface area contributed by atoms with Crippen LogP contribution in [-0.2, 0) is 16.0 Å². The number of carboxylic acids is 2. The van der Waals surface area contributed by atoms with E-state index < -0.39 is 17.9 Å². The van der Waals surface area contributed by atoms with Gasteiger partial charge in [0.05, 0.1) is 24.7 Å². The predicted molar refractivity (Wildman–Crippen MR) is 86.6 cm³/mol. The van der Waals surface area contributed by atoms with Crippen LogP contribution in [0.15, 0.2) is 52.3 Å². The third-order valence-corrected chi connectivity index (χ3v) is 4.14. The lowest BCUT2D eigenvalue weighted by Gasteiger charge is -2.08. The van der Waals surface area contributed by atoms with Gasteiger partial charge in [0.1, 0.15) is 0 Å². The smallest absolute Gasteiger partial charge is 0.338 e. The van der Waals surface area contributed by atoms with Gasteiger partial charge in [-0.2, -0.15) is 0 Å². The van der Waals surface area contributed by atoms with Crippen LogP contribution in [0.3, 0.4) is 0 Å². The average Bonchev–Trinajstić information content (AvgIpc) is 2.55. The second-order valence-electron chi connectivity index (χ2n) is 4.82. The van der Waals surface area contributed by atoms with Crippen LogP contribution in [0.2, 0.25) is 0 Å². The van der Waals surface area contributed by atoms with Crippen LogP contribution in [-0.4, -0.2) is 35.2 Å². The third-order valence-electron chi connectivity index (χ3n) is 3.14. The van der Waals surface area contributed by atoms with E-state index in [1.54, 1.807) is 30.3 Å². The van der Waals surface area contributed by atoms with Crippen molar-refractivity contribution in [1.29, 1.82) is 0 Å². The van der Waals surface area contributed by atoms with Gasteiger partial charge < -0.3 is 14.9 Å². The standard InChI is InChI=1S/C17H14O6S/c1-23-17(22)14-9-12(6-7-13(14)16(20)21)24-11-4-2-10(3-5-11)8-15(18)19/h2-7,9H,8H2,1H3,(H,18,19)(H,20,21). The molecule has 0 aliphatic rings. The van der Waals surface area contributed by atoms with Crippen molar-refractivity contribution < 1.29 is 29.3 Å². The van der Waals surface area contributed by atoms with E-state index in [1.807, 2.05) is 0 Å². The number of methoxy groups -OCH3 is 1. The third kappa shape index (κ3) is 4.36. The minimum atomic E-state index is -1.20. The van der Waals surface area contributed by atoms with Crippen molar-refractivity contribution in [1.82, 2.24) is 0 Å². The Bertz CT molecular complexity index is 782. The monoisotopic (exact) mass is 346 g/mol. The largest absolute Gasteiger partial charge is 0.481 e. The Morgan fingerprint density at radius 3 is 2.12 bits per heavy atom. The highest BCUT2D eigenvalue weighted by Gasteiger charge is 2.18. The molecular formula is C17H14O6S. The van der Waals surface area contributed by atoms with E-state index in [0.717, 1.165) is 4.90 Å². The van der Waals surface area contributed by atoms with Crippen molar-refractivity contribution in [3.8, 4) is 0 Å². The molecule has 7 heteroatoms. The molecule has 0 saturated carbocycles. The Kier molecular flexibility index (Phi) is 5.59. The van der Waals surface area contributed by atoms with Crippen molar-refractivity contribution in [2.24, 2.45) is 0 Å². The van der Waals surface area contributed by atoms with Gasteiger partial charge >= 0.3 is 17.9 Å². The fourth-order valence-corrected chi connectivity index (χ4v) is 2.90. The first-order chi connectivity index (χ1) is 11.4. The first-order valence-electron chi connectivity index (χ1n) is 6.85. The number of esters is 1. The molecule has 0 spiro atoms. The van der Waals surface area contributed by atoms with E-state index in [0.29, 0.717) is 10.5 Å². The van der Waals surface area contributed by atoms with Gasteiger partial charge in [0.25, 0.3) is 0 Å².